The van der Waals surface area contributed by atoms with E-state index >= 15 is 0 Å². The summed E-state index contributed by atoms with van der Waals surface area (Å²) in [6.07, 6.45) is -4.72. The van der Waals surface area contributed by atoms with Crippen LogP contribution in [0.2, 0.25) is 0 Å². The topological polar surface area (TPSA) is 49.7 Å². The fraction of sp³-hybridized carbons (Fsp3) is 0.455. The van der Waals surface area contributed by atoms with Gasteiger partial charge in [0.25, 0.3) is 0 Å². The van der Waals surface area contributed by atoms with Gasteiger partial charge in [-0.25, -0.2) is 0 Å². The van der Waals surface area contributed by atoms with Crippen molar-refractivity contribution in [3.63, 3.8) is 0 Å². The molecule has 0 atom stereocenters. The van der Waals surface area contributed by atoms with Crippen molar-refractivity contribution < 1.29 is 28.1 Å². The van der Waals surface area contributed by atoms with Crippen molar-refractivity contribution in [3.05, 3.63) is 29.8 Å². The number of hydrogen-bond donors (Lipinski definition) is 2. The van der Waals surface area contributed by atoms with Gasteiger partial charge in [-0.2, -0.15) is 0 Å². The summed E-state index contributed by atoms with van der Waals surface area (Å²) in [5, 5.41) is 18.2. The molecule has 17 heavy (non-hydrogen) atoms. The van der Waals surface area contributed by atoms with Crippen molar-refractivity contribution in [2.75, 3.05) is 13.2 Å². The first kappa shape index (κ1) is 13.8. The molecule has 3 nitrogen and oxygen atoms in total. The van der Waals surface area contributed by atoms with Crippen LogP contribution in [-0.2, 0) is 5.41 Å². The molecule has 1 rings (SSSR count). The molecular weight excluding hydrogens is 237 g/mol. The van der Waals surface area contributed by atoms with Crippen molar-refractivity contribution >= 4 is 0 Å². The number of aliphatic hydroxyl groups excluding tert-OH is 2. The summed E-state index contributed by atoms with van der Waals surface area (Å²) in [6.45, 7) is 0.999. The molecule has 0 spiro atoms. The van der Waals surface area contributed by atoms with Crippen LogP contribution in [0.3, 0.4) is 0 Å². The Morgan fingerprint density at radius 1 is 1.06 bits per heavy atom. The van der Waals surface area contributed by atoms with Gasteiger partial charge in [0.1, 0.15) is 5.75 Å². The zero-order valence-corrected chi connectivity index (χ0v) is 9.16. The zero-order valence-electron chi connectivity index (χ0n) is 9.16. The first-order chi connectivity index (χ1) is 7.80. The normalized spacial score (nSPS) is 12.6. The van der Waals surface area contributed by atoms with E-state index in [4.69, 9.17) is 10.2 Å². The molecular formula is C11H13F3O3. The molecule has 0 saturated carbocycles. The summed E-state index contributed by atoms with van der Waals surface area (Å²) < 4.78 is 39.4. The van der Waals surface area contributed by atoms with Crippen molar-refractivity contribution in [3.8, 4) is 5.75 Å². The third kappa shape index (κ3) is 3.61. The lowest BCUT2D eigenvalue weighted by Gasteiger charge is -2.25. The van der Waals surface area contributed by atoms with Crippen LogP contribution in [0, 0.1) is 0 Å². The largest absolute Gasteiger partial charge is 0.573 e. The van der Waals surface area contributed by atoms with Crippen LogP contribution >= 0.6 is 0 Å². The molecule has 0 aromatic heterocycles. The van der Waals surface area contributed by atoms with Gasteiger partial charge < -0.3 is 14.9 Å². The van der Waals surface area contributed by atoms with Crippen LogP contribution in [-0.4, -0.2) is 29.8 Å². The maximum atomic E-state index is 11.9. The SMILES string of the molecule is CC(CO)(CO)c1ccc(OC(F)(F)F)cc1. The first-order valence-electron chi connectivity index (χ1n) is 4.89. The van der Waals surface area contributed by atoms with Crippen LogP contribution in [0.5, 0.6) is 5.75 Å². The number of alkyl halides is 3. The predicted octanol–water partition coefficient (Wildman–Crippen LogP) is 1.83. The Labute approximate surface area is 96.5 Å². The molecule has 0 aliphatic rings. The molecule has 6 heteroatoms. The highest BCUT2D eigenvalue weighted by molar-refractivity contribution is 5.32. The van der Waals surface area contributed by atoms with Crippen molar-refractivity contribution in [2.24, 2.45) is 0 Å². The third-order valence-electron chi connectivity index (χ3n) is 2.48. The Hall–Kier alpha value is -1.27. The molecule has 0 heterocycles. The van der Waals surface area contributed by atoms with E-state index in [1.165, 1.54) is 12.1 Å². The molecule has 0 fully saturated rings. The lowest BCUT2D eigenvalue weighted by molar-refractivity contribution is -0.274. The van der Waals surface area contributed by atoms with E-state index in [9.17, 15) is 13.2 Å². The average molecular weight is 250 g/mol. The number of ether oxygens (including phenoxy) is 1. The summed E-state index contributed by atoms with van der Waals surface area (Å²) in [5.74, 6) is -0.334. The summed E-state index contributed by atoms with van der Waals surface area (Å²) in [7, 11) is 0. The van der Waals surface area contributed by atoms with Crippen LogP contribution < -0.4 is 4.74 Å². The minimum atomic E-state index is -4.72. The van der Waals surface area contributed by atoms with Gasteiger partial charge in [-0.15, -0.1) is 13.2 Å². The van der Waals surface area contributed by atoms with E-state index in [1.54, 1.807) is 6.92 Å². The second kappa shape index (κ2) is 4.93. The van der Waals surface area contributed by atoms with Crippen LogP contribution in [0.25, 0.3) is 0 Å². The van der Waals surface area contributed by atoms with Gasteiger partial charge in [0, 0.05) is 5.41 Å². The van der Waals surface area contributed by atoms with Crippen molar-refractivity contribution in [1.82, 2.24) is 0 Å². The maximum Gasteiger partial charge on any atom is 0.573 e. The minimum Gasteiger partial charge on any atom is -0.406 e. The van der Waals surface area contributed by atoms with Gasteiger partial charge in [-0.1, -0.05) is 19.1 Å². The predicted molar refractivity (Wildman–Crippen MR) is 54.6 cm³/mol. The molecule has 0 amide bonds. The maximum absolute atomic E-state index is 11.9. The zero-order chi connectivity index (χ0) is 13.1. The van der Waals surface area contributed by atoms with E-state index in [0.29, 0.717) is 5.56 Å². The first-order valence-corrected chi connectivity index (χ1v) is 4.89. The molecule has 0 aliphatic heterocycles. The van der Waals surface area contributed by atoms with Gasteiger partial charge in [-0.05, 0) is 17.7 Å². The van der Waals surface area contributed by atoms with Gasteiger partial charge >= 0.3 is 6.36 Å². The van der Waals surface area contributed by atoms with E-state index < -0.39 is 11.8 Å². The third-order valence-corrected chi connectivity index (χ3v) is 2.48. The second-order valence-electron chi connectivity index (χ2n) is 3.95. The average Bonchev–Trinajstić information content (AvgIpc) is 2.27. The van der Waals surface area contributed by atoms with Gasteiger partial charge in [0.05, 0.1) is 13.2 Å². The number of aliphatic hydroxyl groups is 2. The molecule has 96 valence electrons. The minimum absolute atomic E-state index is 0.303. The van der Waals surface area contributed by atoms with Crippen LogP contribution in [0.15, 0.2) is 24.3 Å². The summed E-state index contributed by atoms with van der Waals surface area (Å²) in [4.78, 5) is 0. The van der Waals surface area contributed by atoms with E-state index in [1.807, 2.05) is 0 Å². The van der Waals surface area contributed by atoms with Gasteiger partial charge in [0.2, 0.25) is 0 Å². The van der Waals surface area contributed by atoms with Crippen molar-refractivity contribution in [2.45, 2.75) is 18.7 Å². The number of hydrogen-bond acceptors (Lipinski definition) is 3. The van der Waals surface area contributed by atoms with Gasteiger partial charge in [-0.3, -0.25) is 0 Å². The number of benzene rings is 1. The lowest BCUT2D eigenvalue weighted by atomic mass is 9.84. The Morgan fingerprint density at radius 3 is 1.88 bits per heavy atom. The highest BCUT2D eigenvalue weighted by Crippen LogP contribution is 2.27. The van der Waals surface area contributed by atoms with E-state index in [0.717, 1.165) is 12.1 Å². The molecule has 0 radical (unpaired) electrons. The molecule has 0 bridgehead atoms. The monoisotopic (exact) mass is 250 g/mol. The molecule has 1 aromatic carbocycles. The number of rotatable bonds is 4. The highest BCUT2D eigenvalue weighted by Gasteiger charge is 2.31. The quantitative estimate of drug-likeness (QED) is 0.857. The smallest absolute Gasteiger partial charge is 0.406 e. The Balaban J connectivity index is 2.88. The summed E-state index contributed by atoms with van der Waals surface area (Å²) in [5.41, 5.74) is -0.339. The molecule has 1 aromatic rings. The highest BCUT2D eigenvalue weighted by atomic mass is 19.4. The van der Waals surface area contributed by atoms with Crippen molar-refractivity contribution in [1.29, 1.82) is 0 Å². The fourth-order valence-electron chi connectivity index (χ4n) is 1.29. The summed E-state index contributed by atoms with van der Waals surface area (Å²) in [6, 6.07) is 5.06. The molecule has 0 aliphatic carbocycles. The second-order valence-corrected chi connectivity index (χ2v) is 3.95. The molecule has 0 saturated heterocycles. The Kier molecular flexibility index (Phi) is 4.00. The van der Waals surface area contributed by atoms with Crippen LogP contribution in [0.1, 0.15) is 12.5 Å². The van der Waals surface area contributed by atoms with E-state index in [2.05, 4.69) is 4.74 Å². The number of halogens is 3. The van der Waals surface area contributed by atoms with E-state index in [-0.39, 0.29) is 19.0 Å². The Bertz CT molecular complexity index is 355. The Morgan fingerprint density at radius 2 is 1.53 bits per heavy atom. The standard InChI is InChI=1S/C11H13F3O3/c1-10(6-15,7-16)8-2-4-9(5-3-8)17-11(12,13)14/h2-5,15-16H,6-7H2,1H3. The van der Waals surface area contributed by atoms with Gasteiger partial charge in [0.15, 0.2) is 0 Å². The fourth-order valence-corrected chi connectivity index (χ4v) is 1.29. The van der Waals surface area contributed by atoms with Crippen LogP contribution in [0.4, 0.5) is 13.2 Å². The molecule has 2 N–H and O–H groups in total. The lowest BCUT2D eigenvalue weighted by Crippen LogP contribution is -2.30. The molecule has 0 unspecified atom stereocenters. The summed E-state index contributed by atoms with van der Waals surface area (Å²) >= 11 is 0.